The van der Waals surface area contributed by atoms with Gasteiger partial charge in [0.2, 0.25) is 5.91 Å². The molecule has 0 bridgehead atoms. The molecule has 0 fully saturated rings. The van der Waals surface area contributed by atoms with E-state index in [0.29, 0.717) is 22.1 Å². The van der Waals surface area contributed by atoms with Crippen molar-refractivity contribution in [1.82, 2.24) is 20.1 Å². The van der Waals surface area contributed by atoms with Crippen LogP contribution in [-0.2, 0) is 22.9 Å². The Hall–Kier alpha value is -3.25. The van der Waals surface area contributed by atoms with Gasteiger partial charge in [-0.25, -0.2) is 0 Å². The molecule has 0 spiro atoms. The molecule has 3 aromatic carbocycles. The van der Waals surface area contributed by atoms with Crippen LogP contribution in [0.25, 0.3) is 5.69 Å². The summed E-state index contributed by atoms with van der Waals surface area (Å²) in [4.78, 5) is 25.6. The van der Waals surface area contributed by atoms with E-state index >= 15 is 0 Å². The molecule has 43 heavy (non-hydrogen) atoms. The Bertz CT molecular complexity index is 1650. The Labute approximate surface area is 265 Å². The zero-order valence-electron chi connectivity index (χ0n) is 23.0. The van der Waals surface area contributed by atoms with E-state index < -0.39 is 17.6 Å². The van der Waals surface area contributed by atoms with Crippen LogP contribution in [0.2, 0.25) is 15.1 Å². The number of nitrogens with one attached hydrogen (secondary N) is 2. The molecule has 4 rings (SSSR count). The van der Waals surface area contributed by atoms with Crippen LogP contribution in [-0.4, -0.2) is 32.3 Å². The van der Waals surface area contributed by atoms with Gasteiger partial charge in [0.05, 0.1) is 44.3 Å². The van der Waals surface area contributed by atoms with Crippen molar-refractivity contribution in [2.24, 2.45) is 0 Å². The Morgan fingerprint density at radius 3 is 2.14 bits per heavy atom. The summed E-state index contributed by atoms with van der Waals surface area (Å²) in [6.07, 6.45) is -4.60. The second-order valence-electron chi connectivity index (χ2n) is 10.4. The number of rotatable bonds is 8. The van der Waals surface area contributed by atoms with Crippen LogP contribution in [0, 0.1) is 0 Å². The highest BCUT2D eigenvalue weighted by molar-refractivity contribution is 7.99. The van der Waals surface area contributed by atoms with Crippen LogP contribution in [0.3, 0.4) is 0 Å². The van der Waals surface area contributed by atoms with Gasteiger partial charge in [0.25, 0.3) is 5.91 Å². The molecule has 4 aromatic rings. The van der Waals surface area contributed by atoms with E-state index in [9.17, 15) is 22.8 Å². The first-order valence-corrected chi connectivity index (χ1v) is 14.8. The van der Waals surface area contributed by atoms with Crippen molar-refractivity contribution < 1.29 is 22.8 Å². The fourth-order valence-corrected chi connectivity index (χ4v) is 5.12. The van der Waals surface area contributed by atoms with E-state index in [1.807, 2.05) is 12.1 Å². The summed E-state index contributed by atoms with van der Waals surface area (Å²) < 4.78 is 40.9. The lowest BCUT2D eigenvalue weighted by Crippen LogP contribution is -2.25. The number of alkyl halides is 3. The summed E-state index contributed by atoms with van der Waals surface area (Å²) >= 11 is 19.3. The number of hydrogen-bond donors (Lipinski definition) is 2. The molecule has 1 aromatic heterocycles. The van der Waals surface area contributed by atoms with Crippen LogP contribution in [0.1, 0.15) is 48.1 Å². The van der Waals surface area contributed by atoms with Crippen LogP contribution < -0.4 is 10.6 Å². The largest absolute Gasteiger partial charge is 0.416 e. The maximum Gasteiger partial charge on any atom is 0.416 e. The van der Waals surface area contributed by atoms with Gasteiger partial charge in [0, 0.05) is 5.56 Å². The Balaban J connectivity index is 1.52. The van der Waals surface area contributed by atoms with Gasteiger partial charge in [-0.15, -0.1) is 10.2 Å². The molecule has 0 saturated carbocycles. The molecule has 2 amide bonds. The summed E-state index contributed by atoms with van der Waals surface area (Å²) in [5.41, 5.74) is 0.887. The third-order valence-corrected chi connectivity index (χ3v) is 8.18. The molecule has 0 saturated heterocycles. The lowest BCUT2D eigenvalue weighted by molar-refractivity contribution is -0.137. The van der Waals surface area contributed by atoms with Crippen molar-refractivity contribution >= 4 is 64.1 Å². The molecule has 0 aliphatic rings. The molecular weight excluding hydrogens is 646 g/mol. The van der Waals surface area contributed by atoms with Crippen molar-refractivity contribution in [3.05, 3.63) is 98.2 Å². The molecule has 7 nitrogen and oxygen atoms in total. The second kappa shape index (κ2) is 13.2. The minimum absolute atomic E-state index is 0.0142. The maximum absolute atomic E-state index is 13.1. The third kappa shape index (κ3) is 8.23. The fraction of sp³-hybridized carbons (Fsp3) is 0.241. The monoisotopic (exact) mass is 669 g/mol. The topological polar surface area (TPSA) is 88.9 Å². The van der Waals surface area contributed by atoms with Crippen molar-refractivity contribution in [3.63, 3.8) is 0 Å². The summed E-state index contributed by atoms with van der Waals surface area (Å²) in [5.74, 6) is -0.848. The van der Waals surface area contributed by atoms with Gasteiger partial charge < -0.3 is 10.6 Å². The number of halogens is 6. The van der Waals surface area contributed by atoms with Crippen molar-refractivity contribution in [2.75, 3.05) is 11.1 Å². The highest BCUT2D eigenvalue weighted by Crippen LogP contribution is 2.34. The van der Waals surface area contributed by atoms with Gasteiger partial charge in [-0.05, 0) is 59.5 Å². The number of nitrogens with zero attached hydrogens (tertiary/aromatic N) is 3. The van der Waals surface area contributed by atoms with E-state index in [1.165, 1.54) is 0 Å². The van der Waals surface area contributed by atoms with E-state index in [-0.39, 0.29) is 44.5 Å². The average molecular weight is 671 g/mol. The number of amides is 2. The molecule has 0 radical (unpaired) electrons. The van der Waals surface area contributed by atoms with E-state index in [2.05, 4.69) is 41.6 Å². The van der Waals surface area contributed by atoms with E-state index in [4.69, 9.17) is 34.8 Å². The number of benzene rings is 3. The van der Waals surface area contributed by atoms with Gasteiger partial charge >= 0.3 is 6.18 Å². The summed E-state index contributed by atoms with van der Waals surface area (Å²) in [6, 6.07) is 14.8. The van der Waals surface area contributed by atoms with Gasteiger partial charge in [-0.2, -0.15) is 13.2 Å². The first kappa shape index (κ1) is 32.7. The highest BCUT2D eigenvalue weighted by Gasteiger charge is 2.31. The molecule has 0 atom stereocenters. The summed E-state index contributed by atoms with van der Waals surface area (Å²) in [5, 5.41) is 14.4. The number of hydrogen-bond acceptors (Lipinski definition) is 5. The van der Waals surface area contributed by atoms with Crippen LogP contribution in [0.15, 0.2) is 65.8 Å². The predicted octanol–water partition coefficient (Wildman–Crippen LogP) is 8.20. The zero-order chi connectivity index (χ0) is 31.5. The standard InChI is InChI=1S/C29H25Cl3F3N5O2S/c1-28(2,3)17-6-4-16(5-7-17)26(42)36-14-24-38-39-27(40(24)19-9-11-20(30)22(32)13-19)43-15-25(41)37-23-12-18(29(33,34)35)8-10-21(23)31/h4-13H,14-15H2,1-3H3,(H,36,42)(H,37,41). The maximum atomic E-state index is 13.1. The quantitative estimate of drug-likeness (QED) is 0.185. The number of carbonyl (C=O) groups excluding carboxylic acids is 2. The van der Waals surface area contributed by atoms with Gasteiger partial charge in [0.1, 0.15) is 0 Å². The van der Waals surface area contributed by atoms with Gasteiger partial charge in [-0.3, -0.25) is 14.2 Å². The van der Waals surface area contributed by atoms with Gasteiger partial charge in [-0.1, -0.05) is 79.5 Å². The third-order valence-electron chi connectivity index (χ3n) is 6.18. The zero-order valence-corrected chi connectivity index (χ0v) is 26.1. The minimum Gasteiger partial charge on any atom is -0.345 e. The SMILES string of the molecule is CC(C)(C)c1ccc(C(=O)NCc2nnc(SCC(=O)Nc3cc(C(F)(F)F)ccc3Cl)n2-c2ccc(Cl)c(Cl)c2)cc1. The number of anilines is 1. The number of aromatic nitrogens is 3. The number of thioether (sulfide) groups is 1. The molecule has 1 heterocycles. The Kier molecular flexibility index (Phi) is 10.0. The summed E-state index contributed by atoms with van der Waals surface area (Å²) in [7, 11) is 0. The first-order chi connectivity index (χ1) is 20.1. The lowest BCUT2D eigenvalue weighted by Gasteiger charge is -2.19. The van der Waals surface area contributed by atoms with E-state index in [1.54, 1.807) is 34.9 Å². The molecule has 2 N–H and O–H groups in total. The smallest absolute Gasteiger partial charge is 0.345 e. The van der Waals surface area contributed by atoms with Crippen molar-refractivity contribution in [3.8, 4) is 5.69 Å². The molecule has 0 aliphatic carbocycles. The normalized spacial score (nSPS) is 11.8. The second-order valence-corrected chi connectivity index (χ2v) is 12.5. The fourth-order valence-electron chi connectivity index (χ4n) is 3.89. The predicted molar refractivity (Wildman–Crippen MR) is 163 cm³/mol. The molecule has 226 valence electrons. The average Bonchev–Trinajstić information content (AvgIpc) is 3.35. The van der Waals surface area contributed by atoms with Crippen LogP contribution >= 0.6 is 46.6 Å². The Morgan fingerprint density at radius 2 is 1.51 bits per heavy atom. The van der Waals surface area contributed by atoms with Crippen molar-refractivity contribution in [2.45, 2.75) is 44.1 Å². The van der Waals surface area contributed by atoms with Crippen LogP contribution in [0.5, 0.6) is 0 Å². The molecule has 0 unspecified atom stereocenters. The summed E-state index contributed by atoms with van der Waals surface area (Å²) in [6.45, 7) is 6.23. The van der Waals surface area contributed by atoms with Crippen LogP contribution in [0.4, 0.5) is 18.9 Å². The first-order valence-electron chi connectivity index (χ1n) is 12.7. The molecular formula is C29H25Cl3F3N5O2S. The van der Waals surface area contributed by atoms with Gasteiger partial charge in [0.15, 0.2) is 11.0 Å². The minimum atomic E-state index is -4.60. The van der Waals surface area contributed by atoms with Crippen molar-refractivity contribution in [1.29, 1.82) is 0 Å². The van der Waals surface area contributed by atoms with E-state index in [0.717, 1.165) is 35.5 Å². The highest BCUT2D eigenvalue weighted by atomic mass is 35.5. The lowest BCUT2D eigenvalue weighted by atomic mass is 9.87. The Morgan fingerprint density at radius 1 is 0.860 bits per heavy atom. The number of carbonyl (C=O) groups is 2. The molecule has 0 aliphatic heterocycles. The molecule has 14 heteroatoms.